The molecule has 2 atom stereocenters. The SMILES string of the molecule is C=CCC(CC=C)C(=O)NC1CCCC(SC)C1. The zero-order valence-electron chi connectivity index (χ0n) is 11.4. The normalized spacial score (nSPS) is 23.7. The van der Waals surface area contributed by atoms with Gasteiger partial charge in [0.15, 0.2) is 0 Å². The van der Waals surface area contributed by atoms with E-state index in [4.69, 9.17) is 0 Å². The van der Waals surface area contributed by atoms with Gasteiger partial charge in [-0.15, -0.1) is 13.2 Å². The number of hydrogen-bond acceptors (Lipinski definition) is 2. The van der Waals surface area contributed by atoms with E-state index in [1.165, 1.54) is 12.8 Å². The Kier molecular flexibility index (Phi) is 7.18. The van der Waals surface area contributed by atoms with Crippen molar-refractivity contribution >= 4 is 17.7 Å². The second-order valence-corrected chi connectivity index (χ2v) is 6.11. The molecule has 1 N–H and O–H groups in total. The number of amides is 1. The Morgan fingerprint density at radius 1 is 1.39 bits per heavy atom. The highest BCUT2D eigenvalue weighted by Gasteiger charge is 2.24. The van der Waals surface area contributed by atoms with Gasteiger partial charge in [-0.3, -0.25) is 4.79 Å². The first-order valence-electron chi connectivity index (χ1n) is 6.76. The van der Waals surface area contributed by atoms with Gasteiger partial charge in [-0.05, 0) is 38.4 Å². The Morgan fingerprint density at radius 2 is 2.06 bits per heavy atom. The fourth-order valence-electron chi connectivity index (χ4n) is 2.52. The van der Waals surface area contributed by atoms with Gasteiger partial charge in [0, 0.05) is 17.2 Å². The molecule has 0 saturated heterocycles. The van der Waals surface area contributed by atoms with Crippen molar-refractivity contribution in [2.45, 2.75) is 49.8 Å². The van der Waals surface area contributed by atoms with Gasteiger partial charge in [-0.25, -0.2) is 0 Å². The molecule has 0 heterocycles. The van der Waals surface area contributed by atoms with E-state index in [9.17, 15) is 4.79 Å². The molecule has 0 radical (unpaired) electrons. The Hall–Kier alpha value is -0.700. The molecule has 2 unspecified atom stereocenters. The minimum atomic E-state index is 0.00894. The fraction of sp³-hybridized carbons (Fsp3) is 0.667. The number of rotatable bonds is 7. The smallest absolute Gasteiger partial charge is 0.223 e. The van der Waals surface area contributed by atoms with Crippen molar-refractivity contribution in [1.82, 2.24) is 5.32 Å². The molecular formula is C15H25NOS. The topological polar surface area (TPSA) is 29.1 Å². The van der Waals surface area contributed by atoms with E-state index in [0.717, 1.165) is 25.7 Å². The molecule has 0 spiro atoms. The van der Waals surface area contributed by atoms with E-state index >= 15 is 0 Å². The molecule has 3 heteroatoms. The number of thioether (sulfide) groups is 1. The van der Waals surface area contributed by atoms with Crippen LogP contribution in [0.5, 0.6) is 0 Å². The predicted octanol–water partition coefficient (Wildman–Crippen LogP) is 3.55. The third-order valence-electron chi connectivity index (χ3n) is 3.58. The highest BCUT2D eigenvalue weighted by Crippen LogP contribution is 2.27. The van der Waals surface area contributed by atoms with Crippen LogP contribution in [-0.4, -0.2) is 23.5 Å². The summed E-state index contributed by atoms with van der Waals surface area (Å²) in [5.74, 6) is 0.177. The first kappa shape index (κ1) is 15.4. The van der Waals surface area contributed by atoms with E-state index < -0.39 is 0 Å². The molecule has 1 rings (SSSR count). The molecule has 1 aliphatic rings. The molecule has 2 nitrogen and oxygen atoms in total. The average Bonchev–Trinajstić information content (AvgIpc) is 2.38. The summed E-state index contributed by atoms with van der Waals surface area (Å²) in [6.45, 7) is 7.44. The molecule has 1 amide bonds. The van der Waals surface area contributed by atoms with Crippen LogP contribution in [0.2, 0.25) is 0 Å². The molecule has 0 aromatic carbocycles. The van der Waals surface area contributed by atoms with Crippen LogP contribution in [0.1, 0.15) is 38.5 Å². The summed E-state index contributed by atoms with van der Waals surface area (Å²) in [5, 5.41) is 3.91. The fourth-order valence-corrected chi connectivity index (χ4v) is 3.35. The van der Waals surface area contributed by atoms with Crippen LogP contribution >= 0.6 is 11.8 Å². The molecule has 1 fully saturated rings. The van der Waals surface area contributed by atoms with Gasteiger partial charge in [-0.2, -0.15) is 11.8 Å². The number of nitrogens with one attached hydrogen (secondary N) is 1. The standard InChI is InChI=1S/C15H25NOS/c1-4-7-12(8-5-2)15(17)16-13-9-6-10-14(11-13)18-3/h4-5,12-14H,1-2,6-11H2,3H3,(H,16,17). The summed E-state index contributed by atoms with van der Waals surface area (Å²) >= 11 is 1.92. The highest BCUT2D eigenvalue weighted by molar-refractivity contribution is 7.99. The lowest BCUT2D eigenvalue weighted by Crippen LogP contribution is -2.42. The maximum atomic E-state index is 12.2. The number of hydrogen-bond donors (Lipinski definition) is 1. The quantitative estimate of drug-likeness (QED) is 0.715. The lowest BCUT2D eigenvalue weighted by molar-refractivity contribution is -0.125. The van der Waals surface area contributed by atoms with Crippen LogP contribution in [0.4, 0.5) is 0 Å². The van der Waals surface area contributed by atoms with Gasteiger partial charge in [0.2, 0.25) is 5.91 Å². The minimum absolute atomic E-state index is 0.00894. The highest BCUT2D eigenvalue weighted by atomic mass is 32.2. The summed E-state index contributed by atoms with van der Waals surface area (Å²) in [7, 11) is 0. The van der Waals surface area contributed by atoms with E-state index in [0.29, 0.717) is 11.3 Å². The van der Waals surface area contributed by atoms with Crippen molar-refractivity contribution in [2.75, 3.05) is 6.26 Å². The first-order valence-corrected chi connectivity index (χ1v) is 8.05. The monoisotopic (exact) mass is 267 g/mol. The van der Waals surface area contributed by atoms with E-state index in [1.807, 2.05) is 23.9 Å². The minimum Gasteiger partial charge on any atom is -0.353 e. The largest absolute Gasteiger partial charge is 0.353 e. The molecule has 0 aromatic heterocycles. The molecule has 102 valence electrons. The first-order chi connectivity index (χ1) is 8.71. The summed E-state index contributed by atoms with van der Waals surface area (Å²) in [4.78, 5) is 12.2. The zero-order chi connectivity index (χ0) is 13.4. The maximum Gasteiger partial charge on any atom is 0.223 e. The predicted molar refractivity (Wildman–Crippen MR) is 80.8 cm³/mol. The number of carbonyl (C=O) groups is 1. The summed E-state index contributed by atoms with van der Waals surface area (Å²) < 4.78 is 0. The van der Waals surface area contributed by atoms with Crippen LogP contribution in [0, 0.1) is 5.92 Å². The Labute approximate surface area is 115 Å². The Balaban J connectivity index is 2.45. The van der Waals surface area contributed by atoms with Gasteiger partial charge in [0.1, 0.15) is 0 Å². The van der Waals surface area contributed by atoms with Crippen LogP contribution < -0.4 is 5.32 Å². The second-order valence-electron chi connectivity index (χ2n) is 4.98. The molecule has 1 aliphatic carbocycles. The Bertz CT molecular complexity index is 280. The number of carbonyl (C=O) groups excluding carboxylic acids is 1. The van der Waals surface area contributed by atoms with Crippen molar-refractivity contribution < 1.29 is 4.79 Å². The van der Waals surface area contributed by atoms with Crippen LogP contribution in [0.25, 0.3) is 0 Å². The van der Waals surface area contributed by atoms with Gasteiger partial charge < -0.3 is 5.32 Å². The van der Waals surface area contributed by atoms with Gasteiger partial charge in [-0.1, -0.05) is 18.6 Å². The third kappa shape index (κ3) is 4.89. The van der Waals surface area contributed by atoms with E-state index in [1.54, 1.807) is 0 Å². The van der Waals surface area contributed by atoms with Crippen molar-refractivity contribution in [1.29, 1.82) is 0 Å². The zero-order valence-corrected chi connectivity index (χ0v) is 12.2. The van der Waals surface area contributed by atoms with Crippen LogP contribution in [0.3, 0.4) is 0 Å². The molecule has 1 saturated carbocycles. The molecule has 0 aromatic rings. The van der Waals surface area contributed by atoms with Crippen molar-refractivity contribution in [3.63, 3.8) is 0 Å². The lowest BCUT2D eigenvalue weighted by atomic mass is 9.93. The molecule has 0 bridgehead atoms. The van der Waals surface area contributed by atoms with Crippen molar-refractivity contribution in [3.8, 4) is 0 Å². The lowest BCUT2D eigenvalue weighted by Gasteiger charge is -2.29. The average molecular weight is 267 g/mol. The van der Waals surface area contributed by atoms with Crippen LogP contribution in [0.15, 0.2) is 25.3 Å². The third-order valence-corrected chi connectivity index (χ3v) is 4.67. The Morgan fingerprint density at radius 3 is 2.61 bits per heavy atom. The van der Waals surface area contributed by atoms with E-state index in [-0.39, 0.29) is 11.8 Å². The van der Waals surface area contributed by atoms with Gasteiger partial charge >= 0.3 is 0 Å². The number of allylic oxidation sites excluding steroid dienone is 2. The van der Waals surface area contributed by atoms with Crippen LogP contribution in [-0.2, 0) is 4.79 Å². The van der Waals surface area contributed by atoms with E-state index in [2.05, 4.69) is 24.7 Å². The maximum absolute atomic E-state index is 12.2. The van der Waals surface area contributed by atoms with Crippen molar-refractivity contribution in [3.05, 3.63) is 25.3 Å². The summed E-state index contributed by atoms with van der Waals surface area (Å²) in [6.07, 6.45) is 12.0. The van der Waals surface area contributed by atoms with Gasteiger partial charge in [0.05, 0.1) is 0 Å². The van der Waals surface area contributed by atoms with Crippen molar-refractivity contribution in [2.24, 2.45) is 5.92 Å². The molecule has 18 heavy (non-hydrogen) atoms. The molecule has 0 aliphatic heterocycles. The summed E-state index contributed by atoms with van der Waals surface area (Å²) in [5.41, 5.74) is 0. The second kappa shape index (κ2) is 8.41. The summed E-state index contributed by atoms with van der Waals surface area (Å²) in [6, 6.07) is 0.362. The molecular weight excluding hydrogens is 242 g/mol. The van der Waals surface area contributed by atoms with Gasteiger partial charge in [0.25, 0.3) is 0 Å².